The van der Waals surface area contributed by atoms with Gasteiger partial charge in [0.05, 0.1) is 0 Å². The molecule has 0 spiro atoms. The molecule has 1 aromatic carbocycles. The summed E-state index contributed by atoms with van der Waals surface area (Å²) >= 11 is 1.69. The number of nitrogens with one attached hydrogen (secondary N) is 1. The monoisotopic (exact) mass is 367 g/mol. The predicted molar refractivity (Wildman–Crippen MR) is 105 cm³/mol. The number of carbonyl (C=O) groups is 1. The van der Waals surface area contributed by atoms with Gasteiger partial charge in [-0.2, -0.15) is 0 Å². The topological polar surface area (TPSA) is 63.1 Å². The maximum absolute atomic E-state index is 12.6. The zero-order valence-corrected chi connectivity index (χ0v) is 15.7. The fourth-order valence-electron chi connectivity index (χ4n) is 3.44. The van der Waals surface area contributed by atoms with E-state index in [4.69, 9.17) is 4.98 Å². The van der Waals surface area contributed by atoms with Crippen LogP contribution in [0.25, 0.3) is 11.2 Å². The molecule has 1 N–H and O–H groups in total. The van der Waals surface area contributed by atoms with Gasteiger partial charge in [-0.1, -0.05) is 0 Å². The number of urea groups is 1. The van der Waals surface area contributed by atoms with Crippen LogP contribution in [0.4, 0.5) is 10.5 Å². The number of nitrogens with zero attached hydrogens (tertiary/aromatic N) is 4. The molecule has 1 atom stereocenters. The number of pyridine rings is 1. The zero-order valence-electron chi connectivity index (χ0n) is 14.8. The molecular weight excluding hydrogens is 346 g/mol. The molecule has 2 aromatic heterocycles. The number of rotatable bonds is 3. The average molecular weight is 367 g/mol. The van der Waals surface area contributed by atoms with Crippen LogP contribution in [0.5, 0.6) is 0 Å². The van der Waals surface area contributed by atoms with Crippen molar-refractivity contribution in [3.8, 4) is 0 Å². The number of likely N-dealkylation sites (tertiary alicyclic amines) is 1. The van der Waals surface area contributed by atoms with E-state index in [9.17, 15) is 4.79 Å². The number of amides is 2. The minimum absolute atomic E-state index is 0.0544. The zero-order chi connectivity index (χ0) is 18.1. The number of anilines is 1. The van der Waals surface area contributed by atoms with Crippen molar-refractivity contribution < 1.29 is 4.79 Å². The van der Waals surface area contributed by atoms with Gasteiger partial charge in [-0.3, -0.25) is 0 Å². The van der Waals surface area contributed by atoms with E-state index < -0.39 is 0 Å². The van der Waals surface area contributed by atoms with Crippen molar-refractivity contribution >= 4 is 34.6 Å². The fourth-order valence-corrected chi connectivity index (χ4v) is 3.85. The van der Waals surface area contributed by atoms with Gasteiger partial charge < -0.3 is 14.8 Å². The van der Waals surface area contributed by atoms with Crippen molar-refractivity contribution in [1.82, 2.24) is 19.4 Å². The molecule has 0 saturated carbocycles. The van der Waals surface area contributed by atoms with Crippen LogP contribution in [0.1, 0.15) is 18.2 Å². The molecule has 3 heterocycles. The first-order chi connectivity index (χ1) is 12.7. The minimum atomic E-state index is -0.0544. The summed E-state index contributed by atoms with van der Waals surface area (Å²) in [6.07, 6.45) is 4.73. The van der Waals surface area contributed by atoms with Gasteiger partial charge in [0.2, 0.25) is 0 Å². The Balaban J connectivity index is 1.45. The number of imidazole rings is 1. The molecule has 2 amide bonds. The SMILES string of the molecule is CSc1ccc(NC(=O)N2CC[C@H](c3nc4cccnc4n3C)C2)cc1. The highest BCUT2D eigenvalue weighted by Gasteiger charge is 2.30. The maximum atomic E-state index is 12.6. The van der Waals surface area contributed by atoms with Crippen molar-refractivity contribution in [3.05, 3.63) is 48.4 Å². The molecule has 3 aromatic rings. The van der Waals surface area contributed by atoms with Crippen LogP contribution in [0.15, 0.2) is 47.5 Å². The summed E-state index contributed by atoms with van der Waals surface area (Å²) in [6.45, 7) is 1.40. The summed E-state index contributed by atoms with van der Waals surface area (Å²) in [4.78, 5) is 24.7. The Bertz CT molecular complexity index is 937. The Morgan fingerprint density at radius 3 is 2.81 bits per heavy atom. The van der Waals surface area contributed by atoms with Crippen LogP contribution >= 0.6 is 11.8 Å². The minimum Gasteiger partial charge on any atom is -0.324 e. The van der Waals surface area contributed by atoms with E-state index in [0.29, 0.717) is 6.54 Å². The molecule has 0 radical (unpaired) electrons. The smallest absolute Gasteiger partial charge is 0.321 e. The van der Waals surface area contributed by atoms with Crippen LogP contribution in [-0.2, 0) is 7.05 Å². The number of hydrogen-bond donors (Lipinski definition) is 1. The van der Waals surface area contributed by atoms with Gasteiger partial charge in [-0.25, -0.2) is 14.8 Å². The number of carbonyl (C=O) groups excluding carboxylic acids is 1. The first-order valence-corrected chi connectivity index (χ1v) is 9.85. The van der Waals surface area contributed by atoms with Crippen molar-refractivity contribution in [2.45, 2.75) is 17.2 Å². The molecule has 0 aliphatic carbocycles. The van der Waals surface area contributed by atoms with Crippen LogP contribution in [0, 0.1) is 0 Å². The summed E-state index contributed by atoms with van der Waals surface area (Å²) < 4.78 is 2.04. The molecule has 0 unspecified atom stereocenters. The molecule has 1 aliphatic heterocycles. The van der Waals surface area contributed by atoms with E-state index in [-0.39, 0.29) is 11.9 Å². The molecular formula is C19H21N5OS. The average Bonchev–Trinajstić information content (AvgIpc) is 3.28. The molecule has 1 saturated heterocycles. The molecule has 134 valence electrons. The Kier molecular flexibility index (Phi) is 4.55. The molecule has 0 bridgehead atoms. The van der Waals surface area contributed by atoms with E-state index in [1.54, 1.807) is 18.0 Å². The maximum Gasteiger partial charge on any atom is 0.321 e. The van der Waals surface area contributed by atoms with Gasteiger partial charge in [-0.05, 0) is 49.1 Å². The quantitative estimate of drug-likeness (QED) is 0.717. The lowest BCUT2D eigenvalue weighted by Gasteiger charge is -2.17. The normalized spacial score (nSPS) is 17.0. The highest BCUT2D eigenvalue weighted by Crippen LogP contribution is 2.28. The summed E-state index contributed by atoms with van der Waals surface area (Å²) in [6, 6.07) is 11.7. The van der Waals surface area contributed by atoms with E-state index in [2.05, 4.69) is 10.3 Å². The lowest BCUT2D eigenvalue weighted by molar-refractivity contribution is 0.222. The van der Waals surface area contributed by atoms with Gasteiger partial charge >= 0.3 is 6.03 Å². The Morgan fingerprint density at radius 1 is 1.27 bits per heavy atom. The first kappa shape index (κ1) is 16.9. The Labute approximate surface area is 156 Å². The number of fused-ring (bicyclic) bond motifs is 1. The second-order valence-corrected chi connectivity index (χ2v) is 7.35. The van der Waals surface area contributed by atoms with Crippen molar-refractivity contribution in [3.63, 3.8) is 0 Å². The van der Waals surface area contributed by atoms with E-state index >= 15 is 0 Å². The van der Waals surface area contributed by atoms with Gasteiger partial charge in [0.25, 0.3) is 0 Å². The number of aryl methyl sites for hydroxylation is 1. The highest BCUT2D eigenvalue weighted by atomic mass is 32.2. The number of thioether (sulfide) groups is 1. The number of hydrogen-bond acceptors (Lipinski definition) is 4. The van der Waals surface area contributed by atoms with Crippen molar-refractivity contribution in [2.24, 2.45) is 7.05 Å². The largest absolute Gasteiger partial charge is 0.324 e. The van der Waals surface area contributed by atoms with E-state index in [1.807, 2.05) is 59.2 Å². The predicted octanol–water partition coefficient (Wildman–Crippen LogP) is 3.71. The highest BCUT2D eigenvalue weighted by molar-refractivity contribution is 7.98. The van der Waals surface area contributed by atoms with Crippen LogP contribution < -0.4 is 5.32 Å². The summed E-state index contributed by atoms with van der Waals surface area (Å²) in [5, 5.41) is 2.99. The third kappa shape index (κ3) is 3.14. The van der Waals surface area contributed by atoms with Crippen molar-refractivity contribution in [1.29, 1.82) is 0 Å². The van der Waals surface area contributed by atoms with Gasteiger partial charge in [0.15, 0.2) is 5.65 Å². The summed E-state index contributed by atoms with van der Waals surface area (Å²) in [5.74, 6) is 1.23. The first-order valence-electron chi connectivity index (χ1n) is 8.63. The number of aromatic nitrogens is 3. The third-order valence-electron chi connectivity index (χ3n) is 4.84. The summed E-state index contributed by atoms with van der Waals surface area (Å²) in [7, 11) is 1.99. The van der Waals surface area contributed by atoms with Crippen LogP contribution in [0.2, 0.25) is 0 Å². The van der Waals surface area contributed by atoms with E-state index in [1.165, 1.54) is 4.90 Å². The standard InChI is InChI=1S/C19H21N5OS/c1-23-17(22-16-4-3-10-20-18(16)23)13-9-11-24(12-13)19(25)21-14-5-7-15(26-2)8-6-14/h3-8,10,13H,9,11-12H2,1-2H3,(H,21,25)/t13-/m0/s1. The molecule has 6 nitrogen and oxygen atoms in total. The number of benzene rings is 1. The lowest BCUT2D eigenvalue weighted by atomic mass is 10.1. The lowest BCUT2D eigenvalue weighted by Crippen LogP contribution is -2.32. The van der Waals surface area contributed by atoms with Crippen LogP contribution in [-0.4, -0.2) is 44.8 Å². The Morgan fingerprint density at radius 2 is 2.08 bits per heavy atom. The van der Waals surface area contributed by atoms with Gasteiger partial charge in [0, 0.05) is 42.8 Å². The fraction of sp³-hybridized carbons (Fsp3) is 0.316. The molecule has 1 aliphatic rings. The second-order valence-electron chi connectivity index (χ2n) is 6.47. The third-order valence-corrected chi connectivity index (χ3v) is 5.59. The molecule has 4 rings (SSSR count). The molecule has 7 heteroatoms. The van der Waals surface area contributed by atoms with Crippen molar-refractivity contribution in [2.75, 3.05) is 24.7 Å². The molecule has 26 heavy (non-hydrogen) atoms. The molecule has 1 fully saturated rings. The van der Waals surface area contributed by atoms with Gasteiger partial charge in [-0.15, -0.1) is 11.8 Å². The summed E-state index contributed by atoms with van der Waals surface area (Å²) in [5.41, 5.74) is 2.62. The Hall–Kier alpha value is -2.54. The van der Waals surface area contributed by atoms with Gasteiger partial charge in [0.1, 0.15) is 11.3 Å². The van der Waals surface area contributed by atoms with E-state index in [0.717, 1.165) is 35.6 Å². The van der Waals surface area contributed by atoms with Crippen LogP contribution in [0.3, 0.4) is 0 Å². The second kappa shape index (κ2) is 6.99.